The number of hydrogen-bond acceptors (Lipinski definition) is 6. The van der Waals surface area contributed by atoms with Gasteiger partial charge < -0.3 is 18.9 Å². The molecule has 1 aliphatic carbocycles. The first-order valence-electron chi connectivity index (χ1n) is 8.49. The largest absolute Gasteiger partial charge is 0.493 e. The van der Waals surface area contributed by atoms with Gasteiger partial charge in [0.2, 0.25) is 0 Å². The van der Waals surface area contributed by atoms with Gasteiger partial charge in [0.25, 0.3) is 0 Å². The van der Waals surface area contributed by atoms with Crippen LogP contribution < -0.4 is 9.47 Å². The van der Waals surface area contributed by atoms with E-state index in [1.165, 1.54) is 5.57 Å². The predicted molar refractivity (Wildman–Crippen MR) is 91.4 cm³/mol. The molecule has 0 aromatic heterocycles. The Balaban J connectivity index is 1.90. The number of carbonyl (C=O) groups is 1. The van der Waals surface area contributed by atoms with Gasteiger partial charge in [-0.05, 0) is 31.2 Å². The molecule has 2 aliphatic heterocycles. The Kier molecular flexibility index (Phi) is 3.96. The molecule has 1 fully saturated rings. The van der Waals surface area contributed by atoms with Gasteiger partial charge in [-0.15, -0.1) is 0 Å². The topological polar surface area (TPSA) is 57.2 Å². The molecule has 134 valence electrons. The van der Waals surface area contributed by atoms with Gasteiger partial charge in [0.1, 0.15) is 12.2 Å². The first-order chi connectivity index (χ1) is 12.1. The van der Waals surface area contributed by atoms with Gasteiger partial charge in [-0.3, -0.25) is 4.90 Å². The molecule has 25 heavy (non-hydrogen) atoms. The number of ether oxygens (including phenoxy) is 4. The first kappa shape index (κ1) is 16.4. The highest BCUT2D eigenvalue weighted by Crippen LogP contribution is 2.48. The van der Waals surface area contributed by atoms with Gasteiger partial charge in [0, 0.05) is 25.6 Å². The van der Waals surface area contributed by atoms with E-state index < -0.39 is 0 Å². The average molecular weight is 345 g/mol. The van der Waals surface area contributed by atoms with E-state index in [2.05, 4.69) is 18.0 Å². The SMILES string of the molecule is COc1cc2c(cc1OC)C1C(OC2=O)C(OC)C=C2CCN(C)C21. The number of methoxy groups -OCH3 is 3. The predicted octanol–water partition coefficient (Wildman–Crippen LogP) is 1.99. The molecule has 3 aliphatic rings. The molecule has 0 saturated carbocycles. The number of fused-ring (bicyclic) bond motifs is 5. The fourth-order valence-electron chi connectivity index (χ4n) is 4.48. The van der Waals surface area contributed by atoms with E-state index in [0.717, 1.165) is 18.5 Å². The van der Waals surface area contributed by atoms with Gasteiger partial charge in [-0.2, -0.15) is 0 Å². The van der Waals surface area contributed by atoms with Crippen LogP contribution in [0.25, 0.3) is 0 Å². The van der Waals surface area contributed by atoms with Crippen molar-refractivity contribution < 1.29 is 23.7 Å². The Hall–Kier alpha value is -2.05. The minimum atomic E-state index is -0.336. The number of likely N-dealkylation sites (N-methyl/N-ethyl adjacent to an activating group) is 1. The van der Waals surface area contributed by atoms with Crippen LogP contribution in [0.4, 0.5) is 0 Å². The van der Waals surface area contributed by atoms with Crippen LogP contribution in [0.3, 0.4) is 0 Å². The number of esters is 1. The third-order valence-electron chi connectivity index (χ3n) is 5.65. The van der Waals surface area contributed by atoms with Crippen LogP contribution in [0.1, 0.15) is 28.3 Å². The summed E-state index contributed by atoms with van der Waals surface area (Å²) in [7, 11) is 6.95. The molecule has 4 rings (SSSR count). The highest BCUT2D eigenvalue weighted by molar-refractivity contribution is 5.94. The minimum absolute atomic E-state index is 0.0185. The zero-order chi connectivity index (χ0) is 17.7. The van der Waals surface area contributed by atoms with Crippen molar-refractivity contribution in [3.05, 3.63) is 34.9 Å². The van der Waals surface area contributed by atoms with E-state index in [0.29, 0.717) is 17.1 Å². The third-order valence-corrected chi connectivity index (χ3v) is 5.65. The summed E-state index contributed by atoms with van der Waals surface area (Å²) in [6.45, 7) is 0.993. The molecule has 1 aromatic rings. The Morgan fingerprint density at radius 2 is 1.88 bits per heavy atom. The van der Waals surface area contributed by atoms with Crippen molar-refractivity contribution in [1.82, 2.24) is 4.90 Å². The van der Waals surface area contributed by atoms with Crippen molar-refractivity contribution in [2.24, 2.45) is 0 Å². The van der Waals surface area contributed by atoms with Crippen LogP contribution in [0, 0.1) is 0 Å². The van der Waals surface area contributed by atoms with E-state index in [-0.39, 0.29) is 30.1 Å². The maximum Gasteiger partial charge on any atom is 0.338 e. The molecule has 1 saturated heterocycles. The fraction of sp³-hybridized carbons (Fsp3) is 0.526. The van der Waals surface area contributed by atoms with Crippen LogP contribution in [-0.2, 0) is 9.47 Å². The van der Waals surface area contributed by atoms with E-state index in [9.17, 15) is 4.79 Å². The van der Waals surface area contributed by atoms with Gasteiger partial charge in [0.05, 0.1) is 19.8 Å². The number of rotatable bonds is 3. The second kappa shape index (κ2) is 6.04. The Morgan fingerprint density at radius 1 is 1.16 bits per heavy atom. The summed E-state index contributed by atoms with van der Waals surface area (Å²) in [5.41, 5.74) is 2.86. The van der Waals surface area contributed by atoms with Crippen LogP contribution in [-0.4, -0.2) is 64.0 Å². The Bertz CT molecular complexity index is 744. The lowest BCUT2D eigenvalue weighted by atomic mass is 9.73. The molecular formula is C19H23NO5. The molecule has 4 unspecified atom stereocenters. The second-order valence-electron chi connectivity index (χ2n) is 6.81. The van der Waals surface area contributed by atoms with Crippen molar-refractivity contribution in [3.63, 3.8) is 0 Å². The standard InChI is InChI=1S/C19H23NO5/c1-20-6-5-10-7-15(24-4)18-16(17(10)20)11-8-13(22-2)14(23-3)9-12(11)19(21)25-18/h7-9,15-18H,5-6H2,1-4H3. The lowest BCUT2D eigenvalue weighted by Crippen LogP contribution is -2.51. The van der Waals surface area contributed by atoms with Crippen LogP contribution >= 0.6 is 0 Å². The maximum absolute atomic E-state index is 12.6. The molecule has 6 heteroatoms. The summed E-state index contributed by atoms with van der Waals surface area (Å²) in [5, 5.41) is 0. The highest BCUT2D eigenvalue weighted by atomic mass is 16.6. The van der Waals surface area contributed by atoms with E-state index in [4.69, 9.17) is 18.9 Å². The molecule has 0 spiro atoms. The quantitative estimate of drug-likeness (QED) is 0.617. The Labute approximate surface area is 147 Å². The number of nitrogens with zero attached hydrogens (tertiary/aromatic N) is 1. The molecule has 1 aromatic carbocycles. The summed E-state index contributed by atoms with van der Waals surface area (Å²) in [6, 6.07) is 3.86. The van der Waals surface area contributed by atoms with Crippen LogP contribution in [0.5, 0.6) is 11.5 Å². The normalized spacial score (nSPS) is 30.7. The van der Waals surface area contributed by atoms with Crippen molar-refractivity contribution in [2.45, 2.75) is 30.6 Å². The number of benzene rings is 1. The molecule has 2 heterocycles. The zero-order valence-corrected chi connectivity index (χ0v) is 14.9. The number of likely N-dealkylation sites (tertiary alicyclic amines) is 1. The average Bonchev–Trinajstić information content (AvgIpc) is 3.00. The smallest absolute Gasteiger partial charge is 0.338 e. The summed E-state index contributed by atoms with van der Waals surface area (Å²) >= 11 is 0. The van der Waals surface area contributed by atoms with E-state index >= 15 is 0 Å². The lowest BCUT2D eigenvalue weighted by Gasteiger charge is -2.44. The zero-order valence-electron chi connectivity index (χ0n) is 14.9. The van der Waals surface area contributed by atoms with Crippen molar-refractivity contribution >= 4 is 5.97 Å². The maximum atomic E-state index is 12.6. The molecule has 6 nitrogen and oxygen atoms in total. The van der Waals surface area contributed by atoms with Gasteiger partial charge in [0.15, 0.2) is 11.5 Å². The monoisotopic (exact) mass is 345 g/mol. The molecule has 0 N–H and O–H groups in total. The summed E-state index contributed by atoms with van der Waals surface area (Å²) in [5.74, 6) is 0.841. The lowest BCUT2D eigenvalue weighted by molar-refractivity contribution is -0.0468. The van der Waals surface area contributed by atoms with Crippen LogP contribution in [0.2, 0.25) is 0 Å². The summed E-state index contributed by atoms with van der Waals surface area (Å²) < 4.78 is 22.3. The molecule has 4 atom stereocenters. The number of carbonyl (C=O) groups excluding carboxylic acids is 1. The molecule has 0 radical (unpaired) electrons. The third kappa shape index (κ3) is 2.35. The summed E-state index contributed by atoms with van der Waals surface area (Å²) in [4.78, 5) is 15.0. The second-order valence-corrected chi connectivity index (χ2v) is 6.81. The highest BCUT2D eigenvalue weighted by Gasteiger charge is 2.51. The molecule has 0 amide bonds. The Morgan fingerprint density at radius 3 is 2.56 bits per heavy atom. The minimum Gasteiger partial charge on any atom is -0.493 e. The fourth-order valence-corrected chi connectivity index (χ4v) is 4.48. The van der Waals surface area contributed by atoms with Gasteiger partial charge in [-0.25, -0.2) is 4.79 Å². The van der Waals surface area contributed by atoms with Gasteiger partial charge >= 0.3 is 5.97 Å². The van der Waals surface area contributed by atoms with Crippen LogP contribution in [0.15, 0.2) is 23.8 Å². The number of hydrogen-bond donors (Lipinski definition) is 0. The van der Waals surface area contributed by atoms with Crippen molar-refractivity contribution in [2.75, 3.05) is 34.9 Å². The van der Waals surface area contributed by atoms with Gasteiger partial charge in [-0.1, -0.05) is 11.6 Å². The molecule has 0 bridgehead atoms. The van der Waals surface area contributed by atoms with E-state index in [1.807, 2.05) is 6.07 Å². The van der Waals surface area contributed by atoms with E-state index in [1.54, 1.807) is 27.4 Å². The summed E-state index contributed by atoms with van der Waals surface area (Å²) in [6.07, 6.45) is 2.58. The van der Waals surface area contributed by atoms with Crippen molar-refractivity contribution in [3.8, 4) is 11.5 Å². The first-order valence-corrected chi connectivity index (χ1v) is 8.49. The molecular weight excluding hydrogens is 322 g/mol. The van der Waals surface area contributed by atoms with Crippen molar-refractivity contribution in [1.29, 1.82) is 0 Å².